The van der Waals surface area contributed by atoms with Crippen molar-refractivity contribution in [2.75, 3.05) is 55.7 Å². The Morgan fingerprint density at radius 3 is 2.61 bits per heavy atom. The van der Waals surface area contributed by atoms with Gasteiger partial charge in [0.15, 0.2) is 5.83 Å². The van der Waals surface area contributed by atoms with E-state index in [0.717, 1.165) is 27.6 Å². The number of carbonyl (C=O) groups is 1. The van der Waals surface area contributed by atoms with E-state index in [4.69, 9.17) is 32.9 Å². The minimum Gasteiger partial charge on any atom is -0.368 e. The zero-order valence-corrected chi connectivity index (χ0v) is 27.0. The van der Waals surface area contributed by atoms with E-state index in [1.165, 1.54) is 15.5 Å². The molecule has 0 bridgehead atoms. The summed E-state index contributed by atoms with van der Waals surface area (Å²) in [6, 6.07) is 11.2. The number of fused-ring (bicyclic) bond motifs is 2. The Bertz CT molecular complexity index is 1820. The van der Waals surface area contributed by atoms with Gasteiger partial charge in [0, 0.05) is 61.2 Å². The Morgan fingerprint density at radius 1 is 1.17 bits per heavy atom. The minimum absolute atomic E-state index is 0.00717. The molecule has 0 spiro atoms. The van der Waals surface area contributed by atoms with Crippen LogP contribution in [0, 0.1) is 6.57 Å². The predicted octanol–water partition coefficient (Wildman–Crippen LogP) is 4.35. The summed E-state index contributed by atoms with van der Waals surface area (Å²) in [6.07, 6.45) is 2.57. The van der Waals surface area contributed by atoms with Gasteiger partial charge in [0.25, 0.3) is 5.91 Å². The number of aromatic nitrogens is 2. The topological polar surface area (TPSA) is 112 Å². The van der Waals surface area contributed by atoms with Crippen molar-refractivity contribution in [2.24, 2.45) is 0 Å². The predicted molar refractivity (Wildman–Crippen MR) is 175 cm³/mol. The molecule has 4 heterocycles. The Hall–Kier alpha value is -3.83. The first kappa shape index (κ1) is 32.1. The highest BCUT2D eigenvalue weighted by molar-refractivity contribution is 7.88. The third-order valence-electron chi connectivity index (χ3n) is 8.94. The van der Waals surface area contributed by atoms with E-state index in [1.807, 2.05) is 41.3 Å². The number of piperidine rings is 1. The van der Waals surface area contributed by atoms with Gasteiger partial charge in [-0.25, -0.2) is 28.7 Å². The summed E-state index contributed by atoms with van der Waals surface area (Å²) in [4.78, 5) is 29.3. The molecule has 1 unspecified atom stereocenters. The highest BCUT2D eigenvalue weighted by atomic mass is 35.5. The number of benzene rings is 2. The smallest absolute Gasteiger partial charge is 0.282 e. The van der Waals surface area contributed by atoms with Gasteiger partial charge in [-0.05, 0) is 29.9 Å². The van der Waals surface area contributed by atoms with Gasteiger partial charge in [-0.15, -0.1) is 0 Å². The van der Waals surface area contributed by atoms with E-state index in [1.54, 1.807) is 0 Å². The fourth-order valence-corrected chi connectivity index (χ4v) is 7.78. The monoisotopic (exact) mass is 667 g/mol. The first-order chi connectivity index (χ1) is 22.0. The van der Waals surface area contributed by atoms with E-state index in [0.29, 0.717) is 55.7 Å². The van der Waals surface area contributed by atoms with Crippen molar-refractivity contribution in [3.63, 3.8) is 0 Å². The first-order valence-electron chi connectivity index (χ1n) is 15.2. The standard InChI is InChI=1S/C32H35ClFN7O4S/c1-20(34)31(42)41-15-14-39(18-23(41)17-35-2)30-25-19-45-28(24-8-4-6-21-7-5-9-26(33)29(21)24)16-27(25)37-32(38-30)36-22-10-12-40(13-11-22)46(3,43)44/h4-9,22-23,28H,1,10-19H2,3H3,(H,36,37,38)/t23-,28?/m0/s1. The summed E-state index contributed by atoms with van der Waals surface area (Å²) in [5, 5.41) is 6.04. The van der Waals surface area contributed by atoms with Crippen molar-refractivity contribution < 1.29 is 22.3 Å². The highest BCUT2D eigenvalue weighted by Gasteiger charge is 2.37. The molecule has 14 heteroatoms. The fourth-order valence-electron chi connectivity index (χ4n) is 6.62. The van der Waals surface area contributed by atoms with Crippen molar-refractivity contribution in [3.8, 4) is 0 Å². The molecule has 3 aliphatic heterocycles. The number of amides is 1. The average molecular weight is 668 g/mol. The third-order valence-corrected chi connectivity index (χ3v) is 10.6. The van der Waals surface area contributed by atoms with E-state index in [9.17, 15) is 17.6 Å². The number of halogens is 2. The van der Waals surface area contributed by atoms with Gasteiger partial charge in [-0.2, -0.15) is 4.98 Å². The van der Waals surface area contributed by atoms with Crippen LogP contribution in [0.3, 0.4) is 0 Å². The van der Waals surface area contributed by atoms with Crippen LogP contribution < -0.4 is 10.2 Å². The maximum atomic E-state index is 13.8. The molecule has 2 aromatic carbocycles. The quantitative estimate of drug-likeness (QED) is 0.293. The van der Waals surface area contributed by atoms with Crippen molar-refractivity contribution in [2.45, 2.75) is 44.1 Å². The summed E-state index contributed by atoms with van der Waals surface area (Å²) in [5.41, 5.74) is 2.59. The van der Waals surface area contributed by atoms with Crippen LogP contribution in [-0.4, -0.2) is 91.1 Å². The van der Waals surface area contributed by atoms with Crippen LogP contribution in [-0.2, 0) is 32.6 Å². The highest BCUT2D eigenvalue weighted by Crippen LogP contribution is 2.39. The van der Waals surface area contributed by atoms with Crippen molar-refractivity contribution in [1.29, 1.82) is 0 Å². The number of sulfonamides is 1. The number of anilines is 2. The molecule has 242 valence electrons. The SMILES string of the molecule is [C-]#[N+]C[C@H]1CN(c2nc(NC3CCN(S(C)(=O)=O)CC3)nc3c2COC(c2cccc4cccc(Cl)c24)C3)CCN1C(=O)C(=C)F. The van der Waals surface area contributed by atoms with Crippen LogP contribution in [0.1, 0.15) is 35.8 Å². The number of nitrogens with one attached hydrogen (secondary N) is 1. The maximum absolute atomic E-state index is 13.8. The summed E-state index contributed by atoms with van der Waals surface area (Å²) in [7, 11) is -3.27. The van der Waals surface area contributed by atoms with E-state index in [-0.39, 0.29) is 38.4 Å². The van der Waals surface area contributed by atoms with Crippen molar-refractivity contribution in [1.82, 2.24) is 19.2 Å². The summed E-state index contributed by atoms with van der Waals surface area (Å²) < 4.78 is 45.9. The average Bonchev–Trinajstić information content (AvgIpc) is 3.03. The van der Waals surface area contributed by atoms with Crippen LogP contribution >= 0.6 is 11.6 Å². The second-order valence-corrected chi connectivity index (χ2v) is 14.3. The molecule has 6 rings (SSSR count). The number of piperazine rings is 1. The molecule has 1 N–H and O–H groups in total. The molecule has 3 aliphatic rings. The van der Waals surface area contributed by atoms with Crippen LogP contribution in [0.2, 0.25) is 5.02 Å². The normalized spacial score (nSPS) is 21.1. The number of hydrogen-bond acceptors (Lipinski definition) is 8. The fraction of sp³-hybridized carbons (Fsp3) is 0.438. The molecule has 0 saturated carbocycles. The molecule has 1 amide bonds. The lowest BCUT2D eigenvalue weighted by atomic mass is 9.94. The molecule has 0 radical (unpaired) electrons. The summed E-state index contributed by atoms with van der Waals surface area (Å²) >= 11 is 6.66. The lowest BCUT2D eigenvalue weighted by molar-refractivity contribution is -0.131. The second-order valence-electron chi connectivity index (χ2n) is 11.9. The van der Waals surface area contributed by atoms with E-state index >= 15 is 0 Å². The summed E-state index contributed by atoms with van der Waals surface area (Å²) in [5.74, 6) is -0.804. The molecule has 2 fully saturated rings. The number of nitrogens with zero attached hydrogens (tertiary/aromatic N) is 6. The zero-order chi connectivity index (χ0) is 32.6. The van der Waals surface area contributed by atoms with Crippen LogP contribution in [0.15, 0.2) is 48.8 Å². The van der Waals surface area contributed by atoms with Gasteiger partial charge >= 0.3 is 0 Å². The Labute approximate surface area is 272 Å². The van der Waals surface area contributed by atoms with Crippen molar-refractivity contribution >= 4 is 50.1 Å². The molecule has 2 saturated heterocycles. The van der Waals surface area contributed by atoms with Gasteiger partial charge in [-0.1, -0.05) is 48.5 Å². The molecule has 2 atom stereocenters. The van der Waals surface area contributed by atoms with Crippen LogP contribution in [0.4, 0.5) is 16.2 Å². The zero-order valence-electron chi connectivity index (χ0n) is 25.5. The lowest BCUT2D eigenvalue weighted by Crippen LogP contribution is -2.57. The maximum Gasteiger partial charge on any atom is 0.282 e. The molecule has 3 aromatic rings. The molecule has 1 aromatic heterocycles. The largest absolute Gasteiger partial charge is 0.368 e. The minimum atomic E-state index is -3.27. The number of carbonyl (C=O) groups excluding carboxylic acids is 1. The molecular weight excluding hydrogens is 633 g/mol. The lowest BCUT2D eigenvalue weighted by Gasteiger charge is -2.41. The van der Waals surface area contributed by atoms with E-state index in [2.05, 4.69) is 16.7 Å². The summed E-state index contributed by atoms with van der Waals surface area (Å²) in [6.45, 7) is 12.5. The van der Waals surface area contributed by atoms with Gasteiger partial charge in [0.1, 0.15) is 11.9 Å². The first-order valence-corrected chi connectivity index (χ1v) is 17.4. The molecule has 46 heavy (non-hydrogen) atoms. The number of rotatable bonds is 7. The van der Waals surface area contributed by atoms with Crippen molar-refractivity contribution in [3.05, 3.63) is 82.1 Å². The van der Waals surface area contributed by atoms with Gasteiger partial charge < -0.3 is 24.7 Å². The Kier molecular flexibility index (Phi) is 9.16. The number of ether oxygens (including phenoxy) is 1. The molecular formula is C32H35ClFN7O4S. The Morgan fingerprint density at radius 2 is 1.91 bits per heavy atom. The van der Waals surface area contributed by atoms with Crippen LogP contribution in [0.5, 0.6) is 0 Å². The van der Waals surface area contributed by atoms with E-state index < -0.39 is 27.8 Å². The van der Waals surface area contributed by atoms with Gasteiger partial charge in [0.05, 0.1) is 24.7 Å². The van der Waals surface area contributed by atoms with Gasteiger partial charge in [-0.3, -0.25) is 4.79 Å². The van der Waals surface area contributed by atoms with Crippen LogP contribution in [0.25, 0.3) is 15.6 Å². The third kappa shape index (κ3) is 6.53. The van der Waals surface area contributed by atoms with Gasteiger partial charge in [0.2, 0.25) is 22.5 Å². The Balaban J connectivity index is 1.33. The molecule has 0 aliphatic carbocycles. The molecule has 11 nitrogen and oxygen atoms in total. The second kappa shape index (κ2) is 13.1. The number of hydrogen-bond donors (Lipinski definition) is 1.